The minimum absolute atomic E-state index is 0.238. The van der Waals surface area contributed by atoms with Crippen LogP contribution in [0.25, 0.3) is 0 Å². The van der Waals surface area contributed by atoms with Gasteiger partial charge < -0.3 is 20.5 Å². The molecular formula is C19H18N2O5. The number of carbonyl (C=O) groups is 3. The van der Waals surface area contributed by atoms with Gasteiger partial charge in [-0.15, -0.1) is 0 Å². The molecule has 1 heterocycles. The molecule has 1 fully saturated rings. The maximum absolute atomic E-state index is 12.1. The Morgan fingerprint density at radius 3 is 2.31 bits per heavy atom. The maximum atomic E-state index is 12.1. The second-order valence-corrected chi connectivity index (χ2v) is 5.96. The van der Waals surface area contributed by atoms with Crippen LogP contribution in [0.2, 0.25) is 0 Å². The van der Waals surface area contributed by atoms with Crippen molar-refractivity contribution in [3.63, 3.8) is 0 Å². The third kappa shape index (κ3) is 4.25. The van der Waals surface area contributed by atoms with Crippen molar-refractivity contribution in [1.82, 2.24) is 5.32 Å². The second kappa shape index (κ2) is 7.79. The summed E-state index contributed by atoms with van der Waals surface area (Å²) in [6, 6.07) is 14.5. The lowest BCUT2D eigenvalue weighted by Gasteiger charge is -2.11. The zero-order valence-electron chi connectivity index (χ0n) is 13.8. The summed E-state index contributed by atoms with van der Waals surface area (Å²) in [4.78, 5) is 35.1. The van der Waals surface area contributed by atoms with E-state index in [1.165, 1.54) is 0 Å². The fraction of sp³-hybridized carbons (Fsp3) is 0.211. The molecule has 1 aliphatic rings. The van der Waals surface area contributed by atoms with E-state index in [2.05, 4.69) is 10.6 Å². The van der Waals surface area contributed by atoms with Crippen molar-refractivity contribution in [3.8, 4) is 0 Å². The number of nitrogens with one attached hydrogen (secondary N) is 2. The van der Waals surface area contributed by atoms with E-state index < -0.39 is 24.1 Å². The molecule has 1 amide bonds. The summed E-state index contributed by atoms with van der Waals surface area (Å²) in [5, 5.41) is 14.5. The molecule has 0 bridgehead atoms. The lowest BCUT2D eigenvalue weighted by molar-refractivity contribution is -0.139. The van der Waals surface area contributed by atoms with E-state index in [1.807, 2.05) is 6.07 Å². The minimum atomic E-state index is -0.956. The Morgan fingerprint density at radius 1 is 1.00 bits per heavy atom. The van der Waals surface area contributed by atoms with E-state index in [1.54, 1.807) is 48.5 Å². The molecule has 2 aromatic carbocycles. The van der Waals surface area contributed by atoms with E-state index in [4.69, 9.17) is 9.84 Å². The molecule has 1 saturated heterocycles. The van der Waals surface area contributed by atoms with Crippen LogP contribution in [-0.4, -0.2) is 41.6 Å². The molecule has 0 aliphatic carbocycles. The van der Waals surface area contributed by atoms with Crippen LogP contribution < -0.4 is 10.6 Å². The van der Waals surface area contributed by atoms with Crippen molar-refractivity contribution >= 4 is 23.5 Å². The Kier molecular flexibility index (Phi) is 5.28. The zero-order valence-corrected chi connectivity index (χ0v) is 13.8. The van der Waals surface area contributed by atoms with Crippen molar-refractivity contribution < 1.29 is 24.2 Å². The average Bonchev–Trinajstić information content (AvgIpc) is 3.12. The van der Waals surface area contributed by atoms with Crippen molar-refractivity contribution in [3.05, 3.63) is 65.7 Å². The first kappa shape index (κ1) is 17.6. The summed E-state index contributed by atoms with van der Waals surface area (Å²) >= 11 is 0. The summed E-state index contributed by atoms with van der Waals surface area (Å²) < 4.78 is 5.32. The largest absolute Gasteiger partial charge is 0.480 e. The van der Waals surface area contributed by atoms with Crippen molar-refractivity contribution in [2.45, 2.75) is 18.6 Å². The molecule has 3 rings (SSSR count). The van der Waals surface area contributed by atoms with Crippen LogP contribution in [-0.2, 0) is 9.53 Å². The molecule has 1 aliphatic heterocycles. The number of carboxylic acid groups (broad SMARTS) is 1. The highest BCUT2D eigenvalue weighted by Crippen LogP contribution is 2.16. The molecule has 0 unspecified atom stereocenters. The average molecular weight is 354 g/mol. The summed E-state index contributed by atoms with van der Waals surface area (Å²) in [7, 11) is 0. The van der Waals surface area contributed by atoms with Crippen LogP contribution >= 0.6 is 0 Å². The molecule has 0 spiro atoms. The number of benzene rings is 2. The first-order valence-electron chi connectivity index (χ1n) is 8.16. The highest BCUT2D eigenvalue weighted by molar-refractivity contribution is 6.04. The van der Waals surface area contributed by atoms with Crippen LogP contribution in [0.1, 0.15) is 27.1 Å². The van der Waals surface area contributed by atoms with Gasteiger partial charge in [0.25, 0.3) is 5.91 Å². The first-order chi connectivity index (χ1) is 12.5. The number of esters is 1. The minimum Gasteiger partial charge on any atom is -0.480 e. The quantitative estimate of drug-likeness (QED) is 0.709. The van der Waals surface area contributed by atoms with Crippen LogP contribution in [0.3, 0.4) is 0 Å². The molecule has 134 valence electrons. The summed E-state index contributed by atoms with van der Waals surface area (Å²) in [5.41, 5.74) is 1.43. The monoisotopic (exact) mass is 354 g/mol. The predicted octanol–water partition coefficient (Wildman–Crippen LogP) is 1.91. The highest BCUT2D eigenvalue weighted by atomic mass is 16.5. The third-order valence-electron chi connectivity index (χ3n) is 4.08. The standard InChI is InChI=1S/C19H18N2O5/c22-17(12-4-2-1-3-5-12)21-14-8-6-13(7-9-14)19(25)26-15-10-16(18(23)24)20-11-15/h1-9,15-16,20H,10-11H2,(H,21,22)(H,23,24)/t15-,16-/m0/s1. The Bertz CT molecular complexity index is 804. The van der Waals surface area contributed by atoms with Gasteiger partial charge in [-0.1, -0.05) is 18.2 Å². The second-order valence-electron chi connectivity index (χ2n) is 5.96. The first-order valence-corrected chi connectivity index (χ1v) is 8.16. The summed E-state index contributed by atoms with van der Waals surface area (Å²) in [5.74, 6) is -1.72. The van der Waals surface area contributed by atoms with Gasteiger partial charge in [0.15, 0.2) is 0 Å². The number of rotatable bonds is 5. The summed E-state index contributed by atoms with van der Waals surface area (Å²) in [6.45, 7) is 0.313. The number of carbonyl (C=O) groups excluding carboxylic acids is 2. The van der Waals surface area contributed by atoms with Crippen molar-refractivity contribution in [2.75, 3.05) is 11.9 Å². The fourth-order valence-corrected chi connectivity index (χ4v) is 2.68. The van der Waals surface area contributed by atoms with E-state index in [0.29, 0.717) is 23.4 Å². The van der Waals surface area contributed by atoms with E-state index in [9.17, 15) is 14.4 Å². The molecular weight excluding hydrogens is 336 g/mol. The Morgan fingerprint density at radius 2 is 1.69 bits per heavy atom. The van der Waals surface area contributed by atoms with Crippen molar-refractivity contribution in [2.24, 2.45) is 0 Å². The number of hydrogen-bond donors (Lipinski definition) is 3. The number of carboxylic acids is 1. The predicted molar refractivity (Wildman–Crippen MR) is 94.1 cm³/mol. The van der Waals surface area contributed by atoms with Gasteiger partial charge in [0.1, 0.15) is 12.1 Å². The number of hydrogen-bond acceptors (Lipinski definition) is 5. The van der Waals surface area contributed by atoms with Gasteiger partial charge in [0.2, 0.25) is 0 Å². The van der Waals surface area contributed by atoms with Gasteiger partial charge in [-0.2, -0.15) is 0 Å². The molecule has 26 heavy (non-hydrogen) atoms. The van der Waals surface area contributed by atoms with Crippen LogP contribution in [0, 0.1) is 0 Å². The zero-order chi connectivity index (χ0) is 18.5. The summed E-state index contributed by atoms with van der Waals surface area (Å²) in [6.07, 6.45) is -0.229. The Labute approximate surface area is 150 Å². The van der Waals surface area contributed by atoms with Gasteiger partial charge in [-0.25, -0.2) is 4.79 Å². The van der Waals surface area contributed by atoms with Crippen LogP contribution in [0.15, 0.2) is 54.6 Å². The lowest BCUT2D eigenvalue weighted by Crippen LogP contribution is -2.30. The van der Waals surface area contributed by atoms with E-state index >= 15 is 0 Å². The maximum Gasteiger partial charge on any atom is 0.338 e. The third-order valence-corrected chi connectivity index (χ3v) is 4.08. The topological polar surface area (TPSA) is 105 Å². The van der Waals surface area contributed by atoms with Gasteiger partial charge in [-0.3, -0.25) is 9.59 Å². The number of aliphatic carboxylic acids is 1. The lowest BCUT2D eigenvalue weighted by atomic mass is 10.1. The molecule has 0 aromatic heterocycles. The van der Waals surface area contributed by atoms with Crippen molar-refractivity contribution in [1.29, 1.82) is 0 Å². The molecule has 0 radical (unpaired) electrons. The number of ether oxygens (including phenoxy) is 1. The fourth-order valence-electron chi connectivity index (χ4n) is 2.68. The Balaban J connectivity index is 1.56. The van der Waals surface area contributed by atoms with E-state index in [0.717, 1.165) is 0 Å². The van der Waals surface area contributed by atoms with E-state index in [-0.39, 0.29) is 12.3 Å². The molecule has 7 heteroatoms. The van der Waals surface area contributed by atoms with Gasteiger partial charge in [0, 0.05) is 24.2 Å². The normalized spacial score (nSPS) is 18.9. The molecule has 3 N–H and O–H groups in total. The van der Waals surface area contributed by atoms with Gasteiger partial charge in [-0.05, 0) is 36.4 Å². The van der Waals surface area contributed by atoms with Crippen LogP contribution in [0.4, 0.5) is 5.69 Å². The highest BCUT2D eigenvalue weighted by Gasteiger charge is 2.31. The molecule has 0 saturated carbocycles. The number of amides is 1. The molecule has 7 nitrogen and oxygen atoms in total. The smallest absolute Gasteiger partial charge is 0.338 e. The van der Waals surface area contributed by atoms with Gasteiger partial charge >= 0.3 is 11.9 Å². The SMILES string of the molecule is O=C(Nc1ccc(C(=O)O[C@@H]2CN[C@H](C(=O)O)C2)cc1)c1ccccc1. The van der Waals surface area contributed by atoms with Crippen LogP contribution in [0.5, 0.6) is 0 Å². The Hall–Kier alpha value is -3.19. The number of anilines is 1. The molecule has 2 aromatic rings. The van der Waals surface area contributed by atoms with Gasteiger partial charge in [0.05, 0.1) is 5.56 Å². The molecule has 2 atom stereocenters.